The number of pyridine rings is 2. The van der Waals surface area contributed by atoms with Crippen molar-refractivity contribution >= 4 is 17.4 Å². The Labute approximate surface area is 171 Å². The van der Waals surface area contributed by atoms with Crippen molar-refractivity contribution < 1.29 is 13.2 Å². The first-order valence-electron chi connectivity index (χ1n) is 9.01. The van der Waals surface area contributed by atoms with Crippen LogP contribution in [-0.4, -0.2) is 33.3 Å². The van der Waals surface area contributed by atoms with E-state index >= 15 is 0 Å². The molecular formula is C21H19F3N6. The van der Waals surface area contributed by atoms with Gasteiger partial charge in [0.1, 0.15) is 17.4 Å². The van der Waals surface area contributed by atoms with Gasteiger partial charge in [-0.05, 0) is 38.1 Å². The van der Waals surface area contributed by atoms with Crippen LogP contribution in [0.2, 0.25) is 0 Å². The van der Waals surface area contributed by atoms with E-state index in [1.807, 2.05) is 10.5 Å². The number of aromatic nitrogens is 3. The summed E-state index contributed by atoms with van der Waals surface area (Å²) in [7, 11) is 0. The fourth-order valence-corrected chi connectivity index (χ4v) is 2.75. The summed E-state index contributed by atoms with van der Waals surface area (Å²) in [5.41, 5.74) is 0.880. The largest absolute Gasteiger partial charge is 0.395 e. The summed E-state index contributed by atoms with van der Waals surface area (Å²) in [4.78, 5) is 8.60. The van der Waals surface area contributed by atoms with Crippen LogP contribution in [0.4, 0.5) is 13.2 Å². The quantitative estimate of drug-likeness (QED) is 0.586. The average molecular weight is 412 g/mol. The van der Waals surface area contributed by atoms with Crippen LogP contribution in [0.1, 0.15) is 25.1 Å². The number of rotatable bonds is 6. The predicted octanol–water partition coefficient (Wildman–Crippen LogP) is 4.44. The highest BCUT2D eigenvalue weighted by Gasteiger charge is 2.46. The number of fused-ring (bicyclic) bond motifs is 1. The van der Waals surface area contributed by atoms with Crippen LogP contribution in [0.3, 0.4) is 0 Å². The van der Waals surface area contributed by atoms with Gasteiger partial charge in [0.25, 0.3) is 0 Å². The first kappa shape index (κ1) is 21.0. The molecule has 6 nitrogen and oxygen atoms in total. The van der Waals surface area contributed by atoms with Gasteiger partial charge in [0.05, 0.1) is 11.1 Å². The first-order chi connectivity index (χ1) is 14.2. The Morgan fingerprint density at radius 1 is 1.27 bits per heavy atom. The lowest BCUT2D eigenvalue weighted by Crippen LogP contribution is -2.40. The Kier molecular flexibility index (Phi) is 5.60. The topological polar surface area (TPSA) is 89.9 Å². The van der Waals surface area contributed by atoms with Gasteiger partial charge in [0, 0.05) is 54.2 Å². The molecule has 0 saturated heterocycles. The lowest BCUT2D eigenvalue weighted by molar-refractivity contribution is -0.208. The van der Waals surface area contributed by atoms with Crippen molar-refractivity contribution in [2.45, 2.75) is 20.0 Å². The van der Waals surface area contributed by atoms with Crippen molar-refractivity contribution in [3.05, 3.63) is 60.3 Å². The molecule has 0 unspecified atom stereocenters. The number of nitriles is 1. The Hall–Kier alpha value is -3.67. The Morgan fingerprint density at radius 3 is 2.70 bits per heavy atom. The zero-order valence-corrected chi connectivity index (χ0v) is 16.3. The molecule has 3 heterocycles. The van der Waals surface area contributed by atoms with E-state index in [1.165, 1.54) is 12.3 Å². The number of halogens is 3. The fraction of sp³-hybridized carbons (Fsp3) is 0.238. The molecule has 30 heavy (non-hydrogen) atoms. The van der Waals surface area contributed by atoms with Gasteiger partial charge in [-0.15, -0.1) is 0 Å². The Balaban J connectivity index is 2.01. The van der Waals surface area contributed by atoms with Crippen molar-refractivity contribution in [2.75, 3.05) is 6.54 Å². The molecule has 9 heteroatoms. The maximum Gasteiger partial charge on any atom is 0.395 e. The highest BCUT2D eigenvalue weighted by molar-refractivity contribution is 6.10. The summed E-state index contributed by atoms with van der Waals surface area (Å²) >= 11 is 0. The molecule has 3 aromatic rings. The molecule has 0 atom stereocenters. The number of nitrogens with one attached hydrogen (secondary N) is 2. The first-order valence-corrected chi connectivity index (χ1v) is 9.01. The Bertz CT molecular complexity index is 1150. The Morgan fingerprint density at radius 2 is 2.03 bits per heavy atom. The second-order valence-electron chi connectivity index (χ2n) is 7.32. The number of hydrogen-bond acceptors (Lipinski definition) is 5. The van der Waals surface area contributed by atoms with Gasteiger partial charge in [-0.25, -0.2) is 9.97 Å². The minimum absolute atomic E-state index is 0.187. The van der Waals surface area contributed by atoms with E-state index in [0.29, 0.717) is 28.0 Å². The molecule has 0 radical (unpaired) electrons. The molecule has 154 valence electrons. The smallest absolute Gasteiger partial charge is 0.389 e. The van der Waals surface area contributed by atoms with Crippen molar-refractivity contribution in [3.63, 3.8) is 0 Å². The van der Waals surface area contributed by atoms with Crippen molar-refractivity contribution in [2.24, 2.45) is 5.41 Å². The molecule has 0 aliphatic carbocycles. The van der Waals surface area contributed by atoms with Crippen LogP contribution >= 0.6 is 0 Å². The highest BCUT2D eigenvalue weighted by atomic mass is 19.4. The lowest BCUT2D eigenvalue weighted by Gasteiger charge is -2.27. The maximum absolute atomic E-state index is 13.1. The number of alkyl halides is 3. The van der Waals surface area contributed by atoms with E-state index in [4.69, 9.17) is 5.41 Å². The monoisotopic (exact) mass is 412 g/mol. The van der Waals surface area contributed by atoms with Crippen LogP contribution in [-0.2, 0) is 0 Å². The molecule has 3 aromatic heterocycles. The second kappa shape index (κ2) is 7.99. The SMILES string of the molecule is CC(C)(CN/C=C(\C=N)c1ccc(C#N)nc1-c1ccn2ccnc2c1)C(F)(F)F. The molecule has 0 spiro atoms. The van der Waals surface area contributed by atoms with Gasteiger partial charge < -0.3 is 15.1 Å². The summed E-state index contributed by atoms with van der Waals surface area (Å²) in [6.07, 6.45) is 3.26. The molecular weight excluding hydrogens is 393 g/mol. The molecule has 3 rings (SSSR count). The molecule has 0 bridgehead atoms. The van der Waals surface area contributed by atoms with Gasteiger partial charge in [0.15, 0.2) is 0 Å². The number of nitrogens with zero attached hydrogens (tertiary/aromatic N) is 4. The third kappa shape index (κ3) is 4.17. The third-order valence-corrected chi connectivity index (χ3v) is 4.72. The van der Waals surface area contributed by atoms with E-state index < -0.39 is 11.6 Å². The van der Waals surface area contributed by atoms with E-state index in [2.05, 4.69) is 15.3 Å². The van der Waals surface area contributed by atoms with E-state index in [0.717, 1.165) is 20.1 Å². The molecule has 0 aliphatic rings. The van der Waals surface area contributed by atoms with Crippen molar-refractivity contribution in [3.8, 4) is 17.3 Å². The van der Waals surface area contributed by atoms with Crippen LogP contribution in [0.15, 0.2) is 49.1 Å². The minimum Gasteiger partial charge on any atom is -0.389 e. The van der Waals surface area contributed by atoms with Gasteiger partial charge in [-0.1, -0.05) is 0 Å². The van der Waals surface area contributed by atoms with Crippen molar-refractivity contribution in [1.29, 1.82) is 10.7 Å². The zero-order valence-electron chi connectivity index (χ0n) is 16.3. The van der Waals surface area contributed by atoms with Gasteiger partial charge in [0.2, 0.25) is 0 Å². The molecule has 0 aromatic carbocycles. The number of allylic oxidation sites excluding steroid dienone is 1. The van der Waals surface area contributed by atoms with E-state index in [-0.39, 0.29) is 12.2 Å². The van der Waals surface area contributed by atoms with E-state index in [1.54, 1.807) is 36.8 Å². The summed E-state index contributed by atoms with van der Waals surface area (Å²) in [6, 6.07) is 8.70. The summed E-state index contributed by atoms with van der Waals surface area (Å²) in [5.74, 6) is 0. The predicted molar refractivity (Wildman–Crippen MR) is 108 cm³/mol. The van der Waals surface area contributed by atoms with Gasteiger partial charge in [-0.3, -0.25) is 0 Å². The molecule has 0 amide bonds. The molecule has 0 fully saturated rings. The standard InChI is InChI=1S/C21H19F3N6/c1-20(2,21(22,23)24)13-27-12-15(10-25)17-4-3-16(11-26)29-19(17)14-5-7-30-8-6-28-18(30)9-14/h3-10,12,25,27H,13H2,1-2H3/b15-12+,25-10?. The third-order valence-electron chi connectivity index (χ3n) is 4.72. The maximum atomic E-state index is 13.1. The normalized spacial score (nSPS) is 12.6. The van der Waals surface area contributed by atoms with Crippen LogP contribution in [0.25, 0.3) is 22.5 Å². The minimum atomic E-state index is -4.36. The summed E-state index contributed by atoms with van der Waals surface area (Å²) in [5, 5.41) is 19.7. The summed E-state index contributed by atoms with van der Waals surface area (Å²) < 4.78 is 41.0. The van der Waals surface area contributed by atoms with Crippen LogP contribution in [0, 0.1) is 22.2 Å². The molecule has 0 saturated carbocycles. The second-order valence-corrected chi connectivity index (χ2v) is 7.32. The van der Waals surface area contributed by atoms with Gasteiger partial charge >= 0.3 is 6.18 Å². The molecule has 0 aliphatic heterocycles. The van der Waals surface area contributed by atoms with Gasteiger partial charge in [-0.2, -0.15) is 18.4 Å². The van der Waals surface area contributed by atoms with Crippen LogP contribution in [0.5, 0.6) is 0 Å². The van der Waals surface area contributed by atoms with Crippen molar-refractivity contribution in [1.82, 2.24) is 19.7 Å². The lowest BCUT2D eigenvalue weighted by atomic mass is 9.93. The zero-order chi connectivity index (χ0) is 21.9. The summed E-state index contributed by atoms with van der Waals surface area (Å²) in [6.45, 7) is 1.85. The van der Waals surface area contributed by atoms with Crippen LogP contribution < -0.4 is 5.32 Å². The number of imidazole rings is 1. The average Bonchev–Trinajstić information content (AvgIpc) is 3.18. The number of hydrogen-bond donors (Lipinski definition) is 2. The van der Waals surface area contributed by atoms with E-state index in [9.17, 15) is 18.4 Å². The fourth-order valence-electron chi connectivity index (χ4n) is 2.75. The highest BCUT2D eigenvalue weighted by Crippen LogP contribution is 2.36. The molecule has 2 N–H and O–H groups in total.